The van der Waals surface area contributed by atoms with Crippen molar-refractivity contribution in [1.29, 1.82) is 0 Å². The number of carbonyl (C=O) groups excluding carboxylic acids is 2. The van der Waals surface area contributed by atoms with E-state index in [2.05, 4.69) is 15.3 Å². The quantitative estimate of drug-likeness (QED) is 0.784. The smallest absolute Gasteiger partial charge is 0.359 e. The highest BCUT2D eigenvalue weighted by Gasteiger charge is 2.24. The van der Waals surface area contributed by atoms with Crippen LogP contribution >= 0.6 is 23.2 Å². The number of ether oxygens (including phenoxy) is 1. The molecule has 25 heavy (non-hydrogen) atoms. The van der Waals surface area contributed by atoms with E-state index >= 15 is 0 Å². The minimum absolute atomic E-state index is 0.125. The first-order valence-electron chi connectivity index (χ1n) is 7.62. The van der Waals surface area contributed by atoms with E-state index in [1.165, 1.54) is 6.07 Å². The highest BCUT2D eigenvalue weighted by Crippen LogP contribution is 2.26. The van der Waals surface area contributed by atoms with Gasteiger partial charge < -0.3 is 10.1 Å². The molecule has 0 spiro atoms. The largest absolute Gasteiger partial charge is 0.461 e. The van der Waals surface area contributed by atoms with Gasteiger partial charge in [0.05, 0.1) is 28.7 Å². The Morgan fingerprint density at radius 1 is 1.12 bits per heavy atom. The third-order valence-corrected chi connectivity index (χ3v) is 3.89. The number of aromatic nitrogens is 2. The number of hydrogen-bond donors (Lipinski definition) is 1. The molecule has 1 aromatic heterocycles. The van der Waals surface area contributed by atoms with Crippen molar-refractivity contribution in [3.05, 3.63) is 51.0 Å². The van der Waals surface area contributed by atoms with Crippen LogP contribution in [-0.4, -0.2) is 28.5 Å². The van der Waals surface area contributed by atoms with Gasteiger partial charge in [-0.3, -0.25) is 4.79 Å². The average Bonchev–Trinajstić information content (AvgIpc) is 2.57. The third-order valence-electron chi connectivity index (χ3n) is 3.33. The summed E-state index contributed by atoms with van der Waals surface area (Å²) in [5.41, 5.74) is 1.13. The van der Waals surface area contributed by atoms with Crippen molar-refractivity contribution >= 4 is 40.8 Å². The Morgan fingerprint density at radius 2 is 1.76 bits per heavy atom. The molecule has 2 aromatic rings. The Hall–Kier alpha value is -2.18. The molecule has 1 amide bonds. The standard InChI is InChI=1S/C17H17Cl2N3O3/c1-4-7-25-17(24)15-14(20-9(2)10(3)21-15)16(23)22-13-8-11(18)5-6-12(13)19/h5-6,8H,4,7H2,1-3H3,(H,22,23). The van der Waals surface area contributed by atoms with Crippen LogP contribution in [0, 0.1) is 13.8 Å². The van der Waals surface area contributed by atoms with E-state index in [0.29, 0.717) is 33.5 Å². The van der Waals surface area contributed by atoms with E-state index in [4.69, 9.17) is 27.9 Å². The minimum Gasteiger partial charge on any atom is -0.461 e. The molecular weight excluding hydrogens is 365 g/mol. The third kappa shape index (κ3) is 4.67. The normalized spacial score (nSPS) is 10.4. The topological polar surface area (TPSA) is 81.2 Å². The van der Waals surface area contributed by atoms with Crippen LogP contribution < -0.4 is 5.32 Å². The van der Waals surface area contributed by atoms with Crippen LogP contribution in [-0.2, 0) is 4.74 Å². The summed E-state index contributed by atoms with van der Waals surface area (Å²) in [5, 5.41) is 3.32. The van der Waals surface area contributed by atoms with Gasteiger partial charge in [-0.2, -0.15) is 0 Å². The molecule has 0 radical (unpaired) electrons. The van der Waals surface area contributed by atoms with Crippen molar-refractivity contribution < 1.29 is 14.3 Å². The first-order valence-corrected chi connectivity index (χ1v) is 8.37. The molecule has 6 nitrogen and oxygen atoms in total. The second kappa shape index (κ2) is 8.27. The summed E-state index contributed by atoms with van der Waals surface area (Å²) in [6, 6.07) is 4.66. The lowest BCUT2D eigenvalue weighted by Crippen LogP contribution is -2.22. The zero-order valence-electron chi connectivity index (χ0n) is 14.0. The average molecular weight is 382 g/mol. The van der Waals surface area contributed by atoms with Crippen molar-refractivity contribution in [2.75, 3.05) is 11.9 Å². The Bertz CT molecular complexity index is 825. The van der Waals surface area contributed by atoms with E-state index in [0.717, 1.165) is 0 Å². The number of hydrogen-bond acceptors (Lipinski definition) is 5. The number of aryl methyl sites for hydroxylation is 2. The van der Waals surface area contributed by atoms with Crippen LogP contribution in [0.4, 0.5) is 5.69 Å². The molecule has 0 bridgehead atoms. The van der Waals surface area contributed by atoms with Crippen LogP contribution in [0.1, 0.15) is 45.7 Å². The molecule has 0 saturated heterocycles. The van der Waals surface area contributed by atoms with Crippen molar-refractivity contribution in [1.82, 2.24) is 9.97 Å². The molecule has 0 aliphatic heterocycles. The second-order valence-corrected chi connectivity index (χ2v) is 6.15. The molecule has 1 heterocycles. The highest BCUT2D eigenvalue weighted by atomic mass is 35.5. The van der Waals surface area contributed by atoms with Gasteiger partial charge >= 0.3 is 5.97 Å². The van der Waals surface area contributed by atoms with Gasteiger partial charge in [0.25, 0.3) is 5.91 Å². The fourth-order valence-electron chi connectivity index (χ4n) is 1.94. The van der Waals surface area contributed by atoms with Crippen molar-refractivity contribution in [2.45, 2.75) is 27.2 Å². The van der Waals surface area contributed by atoms with Gasteiger partial charge in [-0.05, 0) is 38.5 Å². The number of esters is 1. The minimum atomic E-state index is -0.695. The highest BCUT2D eigenvalue weighted by molar-refractivity contribution is 6.36. The second-order valence-electron chi connectivity index (χ2n) is 5.31. The van der Waals surface area contributed by atoms with E-state index in [9.17, 15) is 9.59 Å². The van der Waals surface area contributed by atoms with Crippen molar-refractivity contribution in [3.63, 3.8) is 0 Å². The summed E-state index contributed by atoms with van der Waals surface area (Å²) in [4.78, 5) is 33.2. The molecule has 0 saturated carbocycles. The molecule has 8 heteroatoms. The molecule has 0 aliphatic carbocycles. The number of nitrogens with zero attached hydrogens (tertiary/aromatic N) is 2. The zero-order valence-corrected chi connectivity index (χ0v) is 15.5. The van der Waals surface area contributed by atoms with Gasteiger partial charge in [0, 0.05) is 5.02 Å². The van der Waals surface area contributed by atoms with E-state index in [1.807, 2.05) is 6.92 Å². The molecule has 0 atom stereocenters. The number of carbonyl (C=O) groups is 2. The summed E-state index contributed by atoms with van der Waals surface area (Å²) >= 11 is 12.0. The predicted molar refractivity (Wildman–Crippen MR) is 96.5 cm³/mol. The molecular formula is C17H17Cl2N3O3. The maximum absolute atomic E-state index is 12.6. The zero-order chi connectivity index (χ0) is 18.6. The molecule has 0 unspecified atom stereocenters. The fourth-order valence-corrected chi connectivity index (χ4v) is 2.28. The lowest BCUT2D eigenvalue weighted by atomic mass is 10.2. The fraction of sp³-hybridized carbons (Fsp3) is 0.294. The number of halogens is 2. The molecule has 2 rings (SSSR count). The number of anilines is 1. The summed E-state index contributed by atoms with van der Waals surface area (Å²) < 4.78 is 5.09. The number of nitrogens with one attached hydrogen (secondary N) is 1. The van der Waals surface area contributed by atoms with Crippen LogP contribution in [0.2, 0.25) is 10.0 Å². The van der Waals surface area contributed by atoms with E-state index < -0.39 is 11.9 Å². The van der Waals surface area contributed by atoms with Crippen LogP contribution in [0.25, 0.3) is 0 Å². The predicted octanol–water partition coefficient (Wildman–Crippen LogP) is 4.22. The Labute approximate surface area is 155 Å². The van der Waals surface area contributed by atoms with Crippen LogP contribution in [0.5, 0.6) is 0 Å². The maximum Gasteiger partial charge on any atom is 0.359 e. The molecule has 0 fully saturated rings. The van der Waals surface area contributed by atoms with Gasteiger partial charge in [0.1, 0.15) is 0 Å². The first-order chi connectivity index (χ1) is 11.8. The van der Waals surface area contributed by atoms with Gasteiger partial charge in [0.15, 0.2) is 11.4 Å². The van der Waals surface area contributed by atoms with Gasteiger partial charge in [0.2, 0.25) is 0 Å². The summed E-state index contributed by atoms with van der Waals surface area (Å²) in [7, 11) is 0. The van der Waals surface area contributed by atoms with Gasteiger partial charge in [-0.25, -0.2) is 14.8 Å². The van der Waals surface area contributed by atoms with Gasteiger partial charge in [-0.15, -0.1) is 0 Å². The van der Waals surface area contributed by atoms with Crippen molar-refractivity contribution in [2.24, 2.45) is 0 Å². The maximum atomic E-state index is 12.6. The van der Waals surface area contributed by atoms with E-state index in [-0.39, 0.29) is 18.0 Å². The Morgan fingerprint density at radius 3 is 2.40 bits per heavy atom. The Balaban J connectivity index is 2.39. The molecule has 1 N–H and O–H groups in total. The lowest BCUT2D eigenvalue weighted by molar-refractivity contribution is 0.0494. The first kappa shape index (κ1) is 19.1. The number of benzene rings is 1. The van der Waals surface area contributed by atoms with Crippen LogP contribution in [0.15, 0.2) is 18.2 Å². The lowest BCUT2D eigenvalue weighted by Gasteiger charge is -2.12. The van der Waals surface area contributed by atoms with E-state index in [1.54, 1.807) is 26.0 Å². The summed E-state index contributed by atoms with van der Waals surface area (Å²) in [5.74, 6) is -1.32. The SMILES string of the molecule is CCCOC(=O)c1nc(C)c(C)nc1C(=O)Nc1cc(Cl)ccc1Cl. The van der Waals surface area contributed by atoms with Crippen LogP contribution in [0.3, 0.4) is 0 Å². The molecule has 1 aromatic carbocycles. The molecule has 132 valence electrons. The van der Waals surface area contributed by atoms with Gasteiger partial charge in [-0.1, -0.05) is 30.1 Å². The molecule has 0 aliphatic rings. The Kier molecular flexibility index (Phi) is 6.33. The summed E-state index contributed by atoms with van der Waals surface area (Å²) in [6.07, 6.45) is 0.656. The number of rotatable bonds is 5. The monoisotopic (exact) mass is 381 g/mol. The summed E-state index contributed by atoms with van der Waals surface area (Å²) in [6.45, 7) is 5.50. The number of amides is 1. The van der Waals surface area contributed by atoms with Crippen molar-refractivity contribution in [3.8, 4) is 0 Å².